The molecule has 1 amide bonds. The van der Waals surface area contributed by atoms with E-state index >= 15 is 0 Å². The highest BCUT2D eigenvalue weighted by Gasteiger charge is 2.30. The fourth-order valence-corrected chi connectivity index (χ4v) is 4.65. The zero-order valence-corrected chi connectivity index (χ0v) is 18.6. The molecule has 0 spiro atoms. The number of halogens is 3. The molecule has 4 N–H and O–H groups in total. The summed E-state index contributed by atoms with van der Waals surface area (Å²) < 4.78 is 43.4. The van der Waals surface area contributed by atoms with Gasteiger partial charge in [0.05, 0.1) is 29.2 Å². The second kappa shape index (κ2) is 9.50. The van der Waals surface area contributed by atoms with Crippen LogP contribution in [-0.2, 0) is 35.2 Å². The van der Waals surface area contributed by atoms with Crippen LogP contribution in [0, 0.1) is 0 Å². The Kier molecular flexibility index (Phi) is 6.68. The molecule has 0 aliphatic carbocycles. The number of alkyl halides is 3. The van der Waals surface area contributed by atoms with Gasteiger partial charge in [0.25, 0.3) is 0 Å². The van der Waals surface area contributed by atoms with E-state index in [9.17, 15) is 18.0 Å². The van der Waals surface area contributed by atoms with Crippen LogP contribution in [0.2, 0.25) is 0 Å². The summed E-state index contributed by atoms with van der Waals surface area (Å²) in [6, 6.07) is 10.6. The predicted molar refractivity (Wildman–Crippen MR) is 122 cm³/mol. The lowest BCUT2D eigenvalue weighted by molar-refractivity contribution is -0.137. The summed E-state index contributed by atoms with van der Waals surface area (Å²) in [5.41, 5.74) is 9.76. The quantitative estimate of drug-likeness (QED) is 0.447. The highest BCUT2D eigenvalue weighted by atomic mass is 32.1. The van der Waals surface area contributed by atoms with Crippen LogP contribution in [0.5, 0.6) is 0 Å². The third-order valence-corrected chi connectivity index (χ3v) is 6.37. The maximum absolute atomic E-state index is 12.7. The van der Waals surface area contributed by atoms with Crippen molar-refractivity contribution in [1.82, 2.24) is 4.98 Å². The summed E-state index contributed by atoms with van der Waals surface area (Å²) in [5.74, 6) is -0.0204. The first-order valence-corrected chi connectivity index (χ1v) is 11.1. The molecule has 0 saturated carbocycles. The van der Waals surface area contributed by atoms with E-state index in [-0.39, 0.29) is 11.9 Å². The second-order valence-electron chi connectivity index (χ2n) is 7.86. The van der Waals surface area contributed by atoms with Crippen molar-refractivity contribution in [2.24, 2.45) is 5.73 Å². The third kappa shape index (κ3) is 5.52. The Morgan fingerprint density at radius 3 is 2.70 bits per heavy atom. The summed E-state index contributed by atoms with van der Waals surface area (Å²) >= 11 is 1.46. The number of anilines is 2. The largest absolute Gasteiger partial charge is 0.416 e. The zero-order valence-electron chi connectivity index (χ0n) is 17.8. The molecule has 0 unspecified atom stereocenters. The van der Waals surface area contributed by atoms with Crippen molar-refractivity contribution >= 4 is 28.1 Å². The second-order valence-corrected chi connectivity index (χ2v) is 8.86. The van der Waals surface area contributed by atoms with Crippen molar-refractivity contribution in [3.05, 3.63) is 64.8 Å². The Morgan fingerprint density at radius 2 is 2.00 bits per heavy atom. The molecule has 6 nitrogen and oxygen atoms in total. The van der Waals surface area contributed by atoms with Crippen LogP contribution in [0.3, 0.4) is 0 Å². The van der Waals surface area contributed by atoms with E-state index < -0.39 is 11.7 Å². The molecule has 2 heterocycles. The van der Waals surface area contributed by atoms with Crippen molar-refractivity contribution in [3.8, 4) is 10.4 Å². The number of carbonyl (C=O) groups excluding carboxylic acids is 1. The summed E-state index contributed by atoms with van der Waals surface area (Å²) in [6.07, 6.45) is -3.57. The predicted octanol–water partition coefficient (Wildman–Crippen LogP) is 4.45. The maximum atomic E-state index is 12.7. The standard InChI is InChI=1S/C23H23F3N4O2S/c1-32-12-19-21(14-4-7-18-15(9-14)10-20(31)29-18)33-22(30-19)28-11-17(27)8-13-2-5-16(6-3-13)23(24,25)26/h2-7,9,17H,8,10-12,27H2,1H3,(H,28,30)(H,29,31)/t17-/m0/s1. The maximum Gasteiger partial charge on any atom is 0.416 e. The molecular formula is C23H23F3N4O2S. The van der Waals surface area contributed by atoms with Crippen LogP contribution >= 0.6 is 11.3 Å². The Labute approximate surface area is 193 Å². The number of aromatic nitrogens is 1. The van der Waals surface area contributed by atoms with Gasteiger partial charge < -0.3 is 21.1 Å². The lowest BCUT2D eigenvalue weighted by Gasteiger charge is -2.13. The number of fused-ring (bicyclic) bond motifs is 1. The number of nitrogens with two attached hydrogens (primary N) is 1. The zero-order chi connectivity index (χ0) is 23.6. The lowest BCUT2D eigenvalue weighted by Crippen LogP contribution is -2.31. The molecule has 1 atom stereocenters. The molecule has 3 aromatic rings. The van der Waals surface area contributed by atoms with Gasteiger partial charge in [-0.05, 0) is 47.4 Å². The Balaban J connectivity index is 1.42. The van der Waals surface area contributed by atoms with Gasteiger partial charge in [-0.15, -0.1) is 0 Å². The van der Waals surface area contributed by atoms with Gasteiger partial charge in [-0.1, -0.05) is 29.5 Å². The average molecular weight is 477 g/mol. The van der Waals surface area contributed by atoms with Crippen molar-refractivity contribution in [1.29, 1.82) is 0 Å². The minimum Gasteiger partial charge on any atom is -0.378 e. The highest BCUT2D eigenvalue weighted by Crippen LogP contribution is 2.36. The summed E-state index contributed by atoms with van der Waals surface area (Å²) in [4.78, 5) is 17.2. The van der Waals surface area contributed by atoms with Gasteiger partial charge in [-0.25, -0.2) is 4.98 Å². The van der Waals surface area contributed by atoms with Crippen LogP contribution in [-0.4, -0.2) is 30.6 Å². The van der Waals surface area contributed by atoms with E-state index in [1.54, 1.807) is 7.11 Å². The number of thiazole rings is 1. The smallest absolute Gasteiger partial charge is 0.378 e. The van der Waals surface area contributed by atoms with E-state index in [4.69, 9.17) is 10.5 Å². The molecule has 2 aromatic carbocycles. The Bertz CT molecular complexity index is 1150. The van der Waals surface area contributed by atoms with Crippen LogP contribution in [0.15, 0.2) is 42.5 Å². The fraction of sp³-hybridized carbons (Fsp3) is 0.304. The average Bonchev–Trinajstić information content (AvgIpc) is 3.34. The molecule has 174 valence electrons. The molecule has 0 saturated heterocycles. The molecule has 4 rings (SSSR count). The van der Waals surface area contributed by atoms with Crippen molar-refractivity contribution in [2.75, 3.05) is 24.3 Å². The van der Waals surface area contributed by atoms with Crippen molar-refractivity contribution < 1.29 is 22.7 Å². The monoisotopic (exact) mass is 476 g/mol. The normalized spacial score (nSPS) is 14.2. The molecule has 0 fully saturated rings. The van der Waals surface area contributed by atoms with Gasteiger partial charge in [-0.2, -0.15) is 13.2 Å². The Hall–Kier alpha value is -2.95. The van der Waals surface area contributed by atoms with Crippen LogP contribution in [0.4, 0.5) is 24.0 Å². The van der Waals surface area contributed by atoms with Gasteiger partial charge in [0.15, 0.2) is 5.13 Å². The number of amides is 1. The number of hydrogen-bond acceptors (Lipinski definition) is 6. The van der Waals surface area contributed by atoms with E-state index in [0.29, 0.717) is 31.1 Å². The van der Waals surface area contributed by atoms with Gasteiger partial charge in [0.1, 0.15) is 0 Å². The van der Waals surface area contributed by atoms with Crippen LogP contribution in [0.1, 0.15) is 22.4 Å². The van der Waals surface area contributed by atoms with E-state index in [1.807, 2.05) is 18.2 Å². The van der Waals surface area contributed by atoms with E-state index in [1.165, 1.54) is 23.5 Å². The number of benzene rings is 2. The van der Waals surface area contributed by atoms with Gasteiger partial charge >= 0.3 is 6.18 Å². The number of rotatable bonds is 8. The first-order valence-electron chi connectivity index (χ1n) is 10.3. The molecule has 10 heteroatoms. The summed E-state index contributed by atoms with van der Waals surface area (Å²) in [7, 11) is 1.60. The minimum absolute atomic E-state index is 0.0204. The van der Waals surface area contributed by atoms with E-state index in [0.717, 1.165) is 45.1 Å². The summed E-state index contributed by atoms with van der Waals surface area (Å²) in [6.45, 7) is 0.738. The molecule has 1 aliphatic heterocycles. The number of methoxy groups -OCH3 is 1. The minimum atomic E-state index is -4.35. The highest BCUT2D eigenvalue weighted by molar-refractivity contribution is 7.19. The molecule has 0 bridgehead atoms. The third-order valence-electron chi connectivity index (χ3n) is 5.27. The SMILES string of the molecule is COCc1nc(NC[C@@H](N)Cc2ccc(C(F)(F)F)cc2)sc1-c1ccc2c(c1)CC(=O)N2. The topological polar surface area (TPSA) is 89.3 Å². The molecule has 1 aromatic heterocycles. The van der Waals surface area contributed by atoms with Crippen LogP contribution < -0.4 is 16.4 Å². The number of nitrogens with zero attached hydrogens (tertiary/aromatic N) is 1. The lowest BCUT2D eigenvalue weighted by atomic mass is 10.0. The van der Waals surface area contributed by atoms with Gasteiger partial charge in [0, 0.05) is 25.4 Å². The Morgan fingerprint density at radius 1 is 1.24 bits per heavy atom. The van der Waals surface area contributed by atoms with Gasteiger partial charge in [-0.3, -0.25) is 4.79 Å². The first kappa shape index (κ1) is 23.2. The van der Waals surface area contributed by atoms with Crippen molar-refractivity contribution in [2.45, 2.75) is 31.7 Å². The number of ether oxygens (including phenoxy) is 1. The van der Waals surface area contributed by atoms with Crippen LogP contribution in [0.25, 0.3) is 10.4 Å². The number of nitrogens with one attached hydrogen (secondary N) is 2. The van der Waals surface area contributed by atoms with Gasteiger partial charge in [0.2, 0.25) is 5.91 Å². The molecule has 1 aliphatic rings. The number of hydrogen-bond donors (Lipinski definition) is 3. The summed E-state index contributed by atoms with van der Waals surface area (Å²) in [5, 5.41) is 6.73. The molecular weight excluding hydrogens is 453 g/mol. The van der Waals surface area contributed by atoms with Crippen molar-refractivity contribution in [3.63, 3.8) is 0 Å². The number of carbonyl (C=O) groups is 1. The molecule has 33 heavy (non-hydrogen) atoms. The van der Waals surface area contributed by atoms with E-state index in [2.05, 4.69) is 15.6 Å². The molecule has 0 radical (unpaired) electrons. The fourth-order valence-electron chi connectivity index (χ4n) is 3.68. The first-order chi connectivity index (χ1) is 15.7.